The van der Waals surface area contributed by atoms with E-state index >= 15 is 0 Å². The second-order valence-electron chi connectivity index (χ2n) is 4.40. The van der Waals surface area contributed by atoms with Gasteiger partial charge in [0.05, 0.1) is 0 Å². The number of carbonyl (C=O) groups is 1. The Morgan fingerprint density at radius 1 is 1.05 bits per heavy atom. The fourth-order valence-electron chi connectivity index (χ4n) is 1.80. The minimum absolute atomic E-state index is 0.130. The highest BCUT2D eigenvalue weighted by molar-refractivity contribution is 6.01. The number of hydrogen-bond acceptors (Lipinski definition) is 2. The molecule has 2 N–H and O–H groups in total. The highest BCUT2D eigenvalue weighted by Gasteiger charge is 1.98. The first-order valence-corrected chi connectivity index (χ1v) is 6.52. The Kier molecular flexibility index (Phi) is 5.09. The lowest BCUT2D eigenvalue weighted by molar-refractivity contribution is -0.111. The van der Waals surface area contributed by atoms with E-state index < -0.39 is 0 Å². The van der Waals surface area contributed by atoms with E-state index in [1.807, 2.05) is 54.6 Å². The van der Waals surface area contributed by atoms with Crippen molar-refractivity contribution < 1.29 is 9.90 Å². The molecular formula is C17H17NO2. The normalized spacial score (nSPS) is 10.7. The fourth-order valence-corrected chi connectivity index (χ4v) is 1.80. The number of rotatable bonds is 5. The molecule has 0 fully saturated rings. The molecule has 0 bridgehead atoms. The molecule has 3 nitrogen and oxygen atoms in total. The average Bonchev–Trinajstić information content (AvgIpc) is 2.49. The van der Waals surface area contributed by atoms with E-state index in [-0.39, 0.29) is 12.5 Å². The van der Waals surface area contributed by atoms with Crippen LogP contribution < -0.4 is 5.32 Å². The molecule has 2 rings (SSSR count). The van der Waals surface area contributed by atoms with Crippen LogP contribution >= 0.6 is 0 Å². The summed E-state index contributed by atoms with van der Waals surface area (Å²) in [6.07, 6.45) is 3.91. The molecule has 0 aliphatic carbocycles. The highest BCUT2D eigenvalue weighted by atomic mass is 16.2. The van der Waals surface area contributed by atoms with E-state index in [9.17, 15) is 4.79 Å². The lowest BCUT2D eigenvalue weighted by Crippen LogP contribution is -2.07. The Balaban J connectivity index is 1.92. The first-order chi connectivity index (χ1) is 9.78. The van der Waals surface area contributed by atoms with Crippen molar-refractivity contribution in [1.82, 2.24) is 0 Å². The van der Waals surface area contributed by atoms with Gasteiger partial charge in [-0.1, -0.05) is 42.5 Å². The second kappa shape index (κ2) is 7.26. The summed E-state index contributed by atoms with van der Waals surface area (Å²) in [7, 11) is 0. The maximum Gasteiger partial charge on any atom is 0.248 e. The van der Waals surface area contributed by atoms with Crippen LogP contribution in [0.25, 0.3) is 6.08 Å². The summed E-state index contributed by atoms with van der Waals surface area (Å²) >= 11 is 0. The van der Waals surface area contributed by atoms with Crippen LogP contribution in [0, 0.1) is 0 Å². The third kappa shape index (κ3) is 4.37. The zero-order valence-electron chi connectivity index (χ0n) is 11.1. The minimum atomic E-state index is -0.163. The molecule has 20 heavy (non-hydrogen) atoms. The number of hydrogen-bond donors (Lipinski definition) is 2. The largest absolute Gasteiger partial charge is 0.396 e. The Morgan fingerprint density at radius 3 is 2.40 bits per heavy atom. The van der Waals surface area contributed by atoms with Gasteiger partial charge in [-0.05, 0) is 35.8 Å². The lowest BCUT2D eigenvalue weighted by Gasteiger charge is -2.03. The smallest absolute Gasteiger partial charge is 0.248 e. The van der Waals surface area contributed by atoms with Gasteiger partial charge in [0.15, 0.2) is 0 Å². The van der Waals surface area contributed by atoms with Crippen molar-refractivity contribution in [2.75, 3.05) is 11.9 Å². The topological polar surface area (TPSA) is 49.3 Å². The number of anilines is 1. The zero-order chi connectivity index (χ0) is 14.2. The summed E-state index contributed by atoms with van der Waals surface area (Å²) in [5, 5.41) is 11.6. The molecule has 0 aliphatic rings. The van der Waals surface area contributed by atoms with Crippen molar-refractivity contribution in [3.63, 3.8) is 0 Å². The van der Waals surface area contributed by atoms with Gasteiger partial charge in [0.25, 0.3) is 0 Å². The summed E-state index contributed by atoms with van der Waals surface area (Å²) in [5.41, 5.74) is 2.78. The van der Waals surface area contributed by atoms with Crippen molar-refractivity contribution in [2.24, 2.45) is 0 Å². The van der Waals surface area contributed by atoms with Crippen LogP contribution in [0.4, 0.5) is 5.69 Å². The van der Waals surface area contributed by atoms with Gasteiger partial charge in [0, 0.05) is 18.4 Å². The summed E-state index contributed by atoms with van der Waals surface area (Å²) in [4.78, 5) is 11.8. The van der Waals surface area contributed by atoms with Gasteiger partial charge in [-0.25, -0.2) is 0 Å². The number of amides is 1. The third-order valence-electron chi connectivity index (χ3n) is 2.85. The van der Waals surface area contributed by atoms with E-state index in [2.05, 4.69) is 5.32 Å². The number of carbonyl (C=O) groups excluding carboxylic acids is 1. The minimum Gasteiger partial charge on any atom is -0.396 e. The number of aliphatic hydroxyl groups excluding tert-OH is 1. The Labute approximate surface area is 118 Å². The van der Waals surface area contributed by atoms with Crippen LogP contribution in [0.1, 0.15) is 11.1 Å². The van der Waals surface area contributed by atoms with Crippen molar-refractivity contribution in [3.05, 3.63) is 71.8 Å². The van der Waals surface area contributed by atoms with Gasteiger partial charge in [-0.15, -0.1) is 0 Å². The molecule has 0 saturated heterocycles. The van der Waals surface area contributed by atoms with Crippen LogP contribution in [-0.4, -0.2) is 17.6 Å². The van der Waals surface area contributed by atoms with Gasteiger partial charge >= 0.3 is 0 Å². The molecular weight excluding hydrogens is 250 g/mol. The second-order valence-corrected chi connectivity index (χ2v) is 4.40. The quantitative estimate of drug-likeness (QED) is 0.818. The standard InChI is InChI=1S/C17H17NO2/c19-13-12-15-6-9-16(10-7-15)18-17(20)11-8-14-4-2-1-3-5-14/h1-11,19H,12-13H2,(H,18,20)/b11-8+. The summed E-state index contributed by atoms with van der Waals surface area (Å²) in [6.45, 7) is 0.130. The monoisotopic (exact) mass is 267 g/mol. The molecule has 0 aromatic heterocycles. The van der Waals surface area contributed by atoms with Crippen molar-refractivity contribution in [3.8, 4) is 0 Å². The third-order valence-corrected chi connectivity index (χ3v) is 2.85. The van der Waals surface area contributed by atoms with Crippen molar-refractivity contribution in [1.29, 1.82) is 0 Å². The zero-order valence-corrected chi connectivity index (χ0v) is 11.1. The van der Waals surface area contributed by atoms with E-state index in [4.69, 9.17) is 5.11 Å². The van der Waals surface area contributed by atoms with Crippen LogP contribution in [0.5, 0.6) is 0 Å². The predicted molar refractivity (Wildman–Crippen MR) is 81.3 cm³/mol. The van der Waals surface area contributed by atoms with Crippen LogP contribution in [-0.2, 0) is 11.2 Å². The van der Waals surface area contributed by atoms with Crippen molar-refractivity contribution in [2.45, 2.75) is 6.42 Å². The van der Waals surface area contributed by atoms with Crippen LogP contribution in [0.3, 0.4) is 0 Å². The molecule has 1 amide bonds. The summed E-state index contributed by atoms with van der Waals surface area (Å²) < 4.78 is 0. The number of aliphatic hydroxyl groups is 1. The first kappa shape index (κ1) is 14.0. The van der Waals surface area contributed by atoms with E-state index in [1.54, 1.807) is 6.08 Å². The van der Waals surface area contributed by atoms with Gasteiger partial charge in [-0.3, -0.25) is 4.79 Å². The Bertz CT molecular complexity index is 574. The predicted octanol–water partition coefficient (Wildman–Crippen LogP) is 2.87. The molecule has 0 saturated carbocycles. The SMILES string of the molecule is O=C(/C=C/c1ccccc1)Nc1ccc(CCO)cc1. The Hall–Kier alpha value is -2.39. The van der Waals surface area contributed by atoms with Gasteiger partial charge in [0.1, 0.15) is 0 Å². The summed E-state index contributed by atoms with van der Waals surface area (Å²) in [6, 6.07) is 17.1. The molecule has 0 heterocycles. The van der Waals surface area contributed by atoms with Gasteiger partial charge in [0.2, 0.25) is 5.91 Å². The Morgan fingerprint density at radius 2 is 1.75 bits per heavy atom. The molecule has 0 unspecified atom stereocenters. The molecule has 0 spiro atoms. The molecule has 0 atom stereocenters. The van der Waals surface area contributed by atoms with E-state index in [0.29, 0.717) is 6.42 Å². The highest BCUT2D eigenvalue weighted by Crippen LogP contribution is 2.10. The maximum atomic E-state index is 11.8. The van der Waals surface area contributed by atoms with Gasteiger partial charge in [-0.2, -0.15) is 0 Å². The van der Waals surface area contributed by atoms with E-state index in [1.165, 1.54) is 6.08 Å². The molecule has 102 valence electrons. The first-order valence-electron chi connectivity index (χ1n) is 6.52. The number of benzene rings is 2. The van der Waals surface area contributed by atoms with E-state index in [0.717, 1.165) is 16.8 Å². The van der Waals surface area contributed by atoms with Gasteiger partial charge < -0.3 is 10.4 Å². The summed E-state index contributed by atoms with van der Waals surface area (Å²) in [5.74, 6) is -0.163. The molecule has 2 aromatic rings. The molecule has 2 aromatic carbocycles. The molecule has 0 aliphatic heterocycles. The lowest BCUT2D eigenvalue weighted by atomic mass is 10.1. The molecule has 0 radical (unpaired) electrons. The van der Waals surface area contributed by atoms with Crippen LogP contribution in [0.15, 0.2) is 60.7 Å². The molecule has 3 heteroatoms. The number of nitrogens with one attached hydrogen (secondary N) is 1. The maximum absolute atomic E-state index is 11.8. The fraction of sp³-hybridized carbons (Fsp3) is 0.118. The van der Waals surface area contributed by atoms with Crippen molar-refractivity contribution >= 4 is 17.7 Å². The average molecular weight is 267 g/mol. The van der Waals surface area contributed by atoms with Crippen LogP contribution in [0.2, 0.25) is 0 Å².